The summed E-state index contributed by atoms with van der Waals surface area (Å²) in [4.78, 5) is 8.31. The lowest BCUT2D eigenvalue weighted by atomic mass is 10.3. The van der Waals surface area contributed by atoms with Crippen LogP contribution in [0.5, 0.6) is 6.01 Å². The van der Waals surface area contributed by atoms with E-state index in [9.17, 15) is 0 Å². The van der Waals surface area contributed by atoms with Crippen molar-refractivity contribution in [3.8, 4) is 6.01 Å². The summed E-state index contributed by atoms with van der Waals surface area (Å²) in [6.07, 6.45) is 5.15. The maximum Gasteiger partial charge on any atom is 0.316 e. The highest BCUT2D eigenvalue weighted by Gasteiger charge is 2.02. The first kappa shape index (κ1) is 12.2. The third kappa shape index (κ3) is 4.04. The molecule has 0 amide bonds. The van der Waals surface area contributed by atoms with Gasteiger partial charge in [0.1, 0.15) is 0 Å². The predicted molar refractivity (Wildman–Crippen MR) is 61.3 cm³/mol. The van der Waals surface area contributed by atoms with Crippen molar-refractivity contribution in [2.75, 3.05) is 6.61 Å². The summed E-state index contributed by atoms with van der Waals surface area (Å²) < 4.78 is 5.42. The number of aromatic nitrogens is 2. The number of rotatable bonds is 6. The van der Waals surface area contributed by atoms with Crippen LogP contribution in [0.25, 0.3) is 0 Å². The summed E-state index contributed by atoms with van der Waals surface area (Å²) in [5.74, 6) is 0.446. The molecule has 0 aliphatic rings. The van der Waals surface area contributed by atoms with Crippen molar-refractivity contribution in [3.05, 3.63) is 17.5 Å². The molecule has 15 heavy (non-hydrogen) atoms. The molecule has 0 saturated heterocycles. The van der Waals surface area contributed by atoms with Gasteiger partial charge in [-0.15, -0.1) is 11.6 Å². The molecule has 0 spiro atoms. The lowest BCUT2D eigenvalue weighted by molar-refractivity contribution is 0.282. The number of alkyl halides is 1. The van der Waals surface area contributed by atoms with E-state index in [-0.39, 0.29) is 0 Å². The molecule has 3 nitrogen and oxygen atoms in total. The van der Waals surface area contributed by atoms with E-state index in [1.807, 2.05) is 6.92 Å². The average Bonchev–Trinajstić information content (AvgIpc) is 2.25. The van der Waals surface area contributed by atoms with Gasteiger partial charge in [-0.3, -0.25) is 0 Å². The standard InChI is InChI=1S/C11H17ClN2O/c1-3-4-5-6-15-11-13-8-10(7-12)9(2)14-11/h8H,3-7H2,1-2H3. The Bertz CT molecular complexity index is 305. The first-order valence-corrected chi connectivity index (χ1v) is 5.82. The third-order valence-electron chi connectivity index (χ3n) is 2.18. The van der Waals surface area contributed by atoms with Gasteiger partial charge in [0.05, 0.1) is 12.5 Å². The molecule has 1 aromatic rings. The van der Waals surface area contributed by atoms with Crippen LogP contribution >= 0.6 is 11.6 Å². The van der Waals surface area contributed by atoms with Gasteiger partial charge in [0, 0.05) is 17.5 Å². The fourth-order valence-corrected chi connectivity index (χ4v) is 1.45. The zero-order valence-corrected chi connectivity index (χ0v) is 10.0. The predicted octanol–water partition coefficient (Wildman–Crippen LogP) is 3.09. The monoisotopic (exact) mass is 228 g/mol. The van der Waals surface area contributed by atoms with E-state index in [0.717, 1.165) is 17.7 Å². The molecular formula is C11H17ClN2O. The summed E-state index contributed by atoms with van der Waals surface area (Å²) >= 11 is 5.71. The summed E-state index contributed by atoms with van der Waals surface area (Å²) in [5, 5.41) is 0. The Morgan fingerprint density at radius 3 is 2.80 bits per heavy atom. The van der Waals surface area contributed by atoms with Gasteiger partial charge < -0.3 is 4.74 Å². The minimum absolute atomic E-state index is 0.446. The highest BCUT2D eigenvalue weighted by atomic mass is 35.5. The Hall–Kier alpha value is -0.830. The van der Waals surface area contributed by atoms with Gasteiger partial charge in [-0.25, -0.2) is 9.97 Å². The van der Waals surface area contributed by atoms with Crippen molar-refractivity contribution in [3.63, 3.8) is 0 Å². The smallest absolute Gasteiger partial charge is 0.316 e. The minimum atomic E-state index is 0.446. The fraction of sp³-hybridized carbons (Fsp3) is 0.636. The van der Waals surface area contributed by atoms with Crippen LogP contribution in [0.1, 0.15) is 37.4 Å². The molecule has 0 fully saturated rings. The van der Waals surface area contributed by atoms with Gasteiger partial charge in [0.2, 0.25) is 0 Å². The van der Waals surface area contributed by atoms with Gasteiger partial charge in [0.15, 0.2) is 0 Å². The van der Waals surface area contributed by atoms with Gasteiger partial charge in [-0.05, 0) is 13.3 Å². The average molecular weight is 229 g/mol. The van der Waals surface area contributed by atoms with E-state index in [2.05, 4.69) is 16.9 Å². The second-order valence-corrected chi connectivity index (χ2v) is 3.72. The Labute approximate surface area is 95.8 Å². The summed E-state index contributed by atoms with van der Waals surface area (Å²) in [6.45, 7) is 4.77. The Kier molecular flexibility index (Phi) is 5.40. The highest BCUT2D eigenvalue weighted by Crippen LogP contribution is 2.11. The largest absolute Gasteiger partial charge is 0.463 e. The van der Waals surface area contributed by atoms with Crippen molar-refractivity contribution in [1.29, 1.82) is 0 Å². The molecule has 0 radical (unpaired) electrons. The molecule has 0 saturated carbocycles. The van der Waals surface area contributed by atoms with E-state index >= 15 is 0 Å². The van der Waals surface area contributed by atoms with Crippen LogP contribution in [0.3, 0.4) is 0 Å². The van der Waals surface area contributed by atoms with Crippen molar-refractivity contribution in [1.82, 2.24) is 9.97 Å². The van der Waals surface area contributed by atoms with Crippen LogP contribution in [-0.4, -0.2) is 16.6 Å². The molecule has 4 heteroatoms. The maximum absolute atomic E-state index is 5.71. The van der Waals surface area contributed by atoms with Gasteiger partial charge in [0.25, 0.3) is 0 Å². The maximum atomic E-state index is 5.71. The Morgan fingerprint density at radius 1 is 1.40 bits per heavy atom. The normalized spacial score (nSPS) is 10.3. The molecular weight excluding hydrogens is 212 g/mol. The van der Waals surface area contributed by atoms with Crippen LogP contribution in [0.15, 0.2) is 6.20 Å². The topological polar surface area (TPSA) is 35.0 Å². The number of nitrogens with zero attached hydrogens (tertiary/aromatic N) is 2. The van der Waals surface area contributed by atoms with Gasteiger partial charge in [-0.2, -0.15) is 0 Å². The number of unbranched alkanes of at least 4 members (excludes halogenated alkanes) is 2. The second-order valence-electron chi connectivity index (χ2n) is 3.45. The number of halogens is 1. The Balaban J connectivity index is 2.45. The first-order chi connectivity index (χ1) is 7.27. The van der Waals surface area contributed by atoms with Gasteiger partial charge >= 0.3 is 6.01 Å². The quantitative estimate of drug-likeness (QED) is 0.555. The molecule has 84 valence electrons. The highest BCUT2D eigenvalue weighted by molar-refractivity contribution is 6.17. The van der Waals surface area contributed by atoms with E-state index < -0.39 is 0 Å². The molecule has 0 aliphatic heterocycles. The molecule has 0 unspecified atom stereocenters. The van der Waals surface area contributed by atoms with Crippen molar-refractivity contribution < 1.29 is 4.74 Å². The number of ether oxygens (including phenoxy) is 1. The molecule has 1 rings (SSSR count). The van der Waals surface area contributed by atoms with Crippen LogP contribution < -0.4 is 4.74 Å². The van der Waals surface area contributed by atoms with Crippen LogP contribution in [0.2, 0.25) is 0 Å². The molecule has 1 aromatic heterocycles. The van der Waals surface area contributed by atoms with Crippen molar-refractivity contribution >= 4 is 11.6 Å². The van der Waals surface area contributed by atoms with Crippen LogP contribution in [-0.2, 0) is 5.88 Å². The number of hydrogen-bond donors (Lipinski definition) is 0. The van der Waals surface area contributed by atoms with E-state index in [1.54, 1.807) is 6.20 Å². The van der Waals surface area contributed by atoms with Gasteiger partial charge in [-0.1, -0.05) is 19.8 Å². The SMILES string of the molecule is CCCCCOc1ncc(CCl)c(C)n1. The van der Waals surface area contributed by atoms with Crippen LogP contribution in [0, 0.1) is 6.92 Å². The summed E-state index contributed by atoms with van der Waals surface area (Å²) in [7, 11) is 0. The van der Waals surface area contributed by atoms with Crippen LogP contribution in [0.4, 0.5) is 0 Å². The molecule has 0 atom stereocenters. The third-order valence-corrected chi connectivity index (χ3v) is 2.47. The molecule has 0 N–H and O–H groups in total. The minimum Gasteiger partial charge on any atom is -0.463 e. The number of hydrogen-bond acceptors (Lipinski definition) is 3. The van der Waals surface area contributed by atoms with Crippen molar-refractivity contribution in [2.24, 2.45) is 0 Å². The Morgan fingerprint density at radius 2 is 2.20 bits per heavy atom. The fourth-order valence-electron chi connectivity index (χ4n) is 1.19. The molecule has 0 bridgehead atoms. The molecule has 0 aromatic carbocycles. The number of aryl methyl sites for hydroxylation is 1. The molecule has 1 heterocycles. The zero-order chi connectivity index (χ0) is 11.1. The van der Waals surface area contributed by atoms with E-state index in [0.29, 0.717) is 18.5 Å². The summed E-state index contributed by atoms with van der Waals surface area (Å²) in [6, 6.07) is 0.456. The van der Waals surface area contributed by atoms with E-state index in [4.69, 9.17) is 16.3 Å². The summed E-state index contributed by atoms with van der Waals surface area (Å²) in [5.41, 5.74) is 1.85. The second kappa shape index (κ2) is 6.62. The van der Waals surface area contributed by atoms with E-state index in [1.165, 1.54) is 12.8 Å². The lowest BCUT2D eigenvalue weighted by Crippen LogP contribution is -2.03. The lowest BCUT2D eigenvalue weighted by Gasteiger charge is -2.05. The molecule has 0 aliphatic carbocycles. The zero-order valence-electron chi connectivity index (χ0n) is 9.29. The van der Waals surface area contributed by atoms with Crippen molar-refractivity contribution in [2.45, 2.75) is 39.0 Å². The first-order valence-electron chi connectivity index (χ1n) is 5.29.